The van der Waals surface area contributed by atoms with E-state index >= 15 is 0 Å². The first-order valence-corrected chi connectivity index (χ1v) is 14.1. The molecule has 212 valence electrons. The normalized spacial score (nSPS) is 12.7. The van der Waals surface area contributed by atoms with E-state index in [0.717, 1.165) is 30.4 Å². The molecule has 0 aliphatic carbocycles. The smallest absolute Gasteiger partial charge is 0.408 e. The summed E-state index contributed by atoms with van der Waals surface area (Å²) in [6, 6.07) is 13.0. The molecule has 8 heteroatoms. The number of hydrogen-bond acceptors (Lipinski definition) is 5. The van der Waals surface area contributed by atoms with Gasteiger partial charge in [-0.1, -0.05) is 75.2 Å². The van der Waals surface area contributed by atoms with E-state index in [1.807, 2.05) is 55.5 Å². The molecule has 3 amide bonds. The third-order valence-electron chi connectivity index (χ3n) is 6.13. The lowest BCUT2D eigenvalue weighted by molar-refractivity contribution is -0.140. The molecular formula is C31H43N3O4S. The van der Waals surface area contributed by atoms with E-state index in [1.165, 1.54) is 0 Å². The highest BCUT2D eigenvalue weighted by Crippen LogP contribution is 2.27. The van der Waals surface area contributed by atoms with Crippen LogP contribution in [0.25, 0.3) is 6.08 Å². The molecular weight excluding hydrogens is 510 g/mol. The monoisotopic (exact) mass is 553 g/mol. The Labute approximate surface area is 238 Å². The van der Waals surface area contributed by atoms with Crippen LogP contribution in [0.3, 0.4) is 0 Å². The van der Waals surface area contributed by atoms with Crippen molar-refractivity contribution in [3.05, 3.63) is 71.8 Å². The van der Waals surface area contributed by atoms with Gasteiger partial charge in [-0.25, -0.2) is 4.79 Å². The zero-order chi connectivity index (χ0) is 29.0. The van der Waals surface area contributed by atoms with E-state index in [9.17, 15) is 14.4 Å². The number of anilines is 1. The van der Waals surface area contributed by atoms with Crippen LogP contribution in [0, 0.1) is 6.92 Å². The van der Waals surface area contributed by atoms with Crippen molar-refractivity contribution >= 4 is 42.3 Å². The summed E-state index contributed by atoms with van der Waals surface area (Å²) in [5.74, 6) is -0.701. The predicted molar refractivity (Wildman–Crippen MR) is 162 cm³/mol. The number of unbranched alkanes of at least 4 members (excludes halogenated alkanes) is 3. The molecule has 0 heterocycles. The topological polar surface area (TPSA) is 87.7 Å². The maximum Gasteiger partial charge on any atom is 0.408 e. The van der Waals surface area contributed by atoms with E-state index in [2.05, 4.69) is 36.8 Å². The lowest BCUT2D eigenvalue weighted by Gasteiger charge is -2.34. The highest BCUT2D eigenvalue weighted by atomic mass is 32.1. The highest BCUT2D eigenvalue weighted by Gasteiger charge is 2.36. The number of nitrogens with zero attached hydrogens (tertiary/aromatic N) is 1. The van der Waals surface area contributed by atoms with Crippen molar-refractivity contribution in [1.82, 2.24) is 10.2 Å². The molecule has 0 fully saturated rings. The molecule has 0 bridgehead atoms. The highest BCUT2D eigenvalue weighted by molar-refractivity contribution is 7.80. The van der Waals surface area contributed by atoms with Gasteiger partial charge in [-0.15, -0.1) is 0 Å². The molecule has 2 aromatic carbocycles. The quantitative estimate of drug-likeness (QED) is 0.194. The third-order valence-corrected chi connectivity index (χ3v) is 6.50. The maximum absolute atomic E-state index is 14.0. The van der Waals surface area contributed by atoms with E-state index in [-0.39, 0.29) is 11.7 Å². The number of alkyl carbamates (subject to hydrolysis) is 1. The van der Waals surface area contributed by atoms with Crippen molar-refractivity contribution in [3.8, 4) is 0 Å². The molecule has 0 saturated heterocycles. The zero-order valence-corrected chi connectivity index (χ0v) is 24.7. The van der Waals surface area contributed by atoms with Crippen LogP contribution in [0.4, 0.5) is 10.5 Å². The molecule has 0 radical (unpaired) electrons. The summed E-state index contributed by atoms with van der Waals surface area (Å²) >= 11 is 4.36. The number of benzene rings is 2. The Hall–Kier alpha value is -3.26. The number of carbonyl (C=O) groups is 3. The van der Waals surface area contributed by atoms with Gasteiger partial charge in [0.15, 0.2) is 0 Å². The Morgan fingerprint density at radius 1 is 1.08 bits per heavy atom. The predicted octanol–water partition coefficient (Wildman–Crippen LogP) is 6.55. The van der Waals surface area contributed by atoms with E-state index < -0.39 is 29.7 Å². The molecule has 0 aliphatic heterocycles. The summed E-state index contributed by atoms with van der Waals surface area (Å²) in [7, 11) is 0. The number of thiol groups is 1. The standard InChI is InChI=1S/C31H43N3O4S/c1-7-9-10-13-19-34(29(36)26(21-39)33-30(37)38-31(4,5)6)27(24-17-14-16-23(8-2)20-24)28(35)32-25-18-12-11-15-22(25)3/h8,11-12,14-18,20,26-27,39H,2,7,9-10,13,19,21H2,1,3-6H3,(H,32,35)(H,33,37). The van der Waals surface area contributed by atoms with E-state index in [1.54, 1.807) is 31.7 Å². The van der Waals surface area contributed by atoms with Gasteiger partial charge >= 0.3 is 6.09 Å². The molecule has 0 spiro atoms. The van der Waals surface area contributed by atoms with Crippen LogP contribution >= 0.6 is 12.6 Å². The molecule has 0 saturated carbocycles. The molecule has 2 rings (SSSR count). The first-order valence-electron chi connectivity index (χ1n) is 13.5. The van der Waals surface area contributed by atoms with Gasteiger partial charge in [-0.2, -0.15) is 12.6 Å². The fourth-order valence-corrected chi connectivity index (χ4v) is 4.40. The summed E-state index contributed by atoms with van der Waals surface area (Å²) < 4.78 is 5.38. The Morgan fingerprint density at radius 2 is 1.79 bits per heavy atom. The number of amides is 3. The third kappa shape index (κ3) is 10.1. The van der Waals surface area contributed by atoms with E-state index in [4.69, 9.17) is 4.74 Å². The Balaban J connectivity index is 2.52. The number of carbonyl (C=O) groups excluding carboxylic acids is 3. The van der Waals surface area contributed by atoms with Gasteiger partial charge in [0.1, 0.15) is 17.7 Å². The summed E-state index contributed by atoms with van der Waals surface area (Å²) in [6.07, 6.45) is 4.65. The average Bonchev–Trinajstić information content (AvgIpc) is 2.89. The Bertz CT molecular complexity index is 1130. The first-order chi connectivity index (χ1) is 18.5. The Morgan fingerprint density at radius 3 is 2.41 bits per heavy atom. The van der Waals surface area contributed by atoms with Crippen molar-refractivity contribution < 1.29 is 19.1 Å². The van der Waals surface area contributed by atoms with E-state index in [0.29, 0.717) is 24.2 Å². The lowest BCUT2D eigenvalue weighted by Crippen LogP contribution is -2.53. The lowest BCUT2D eigenvalue weighted by atomic mass is 9.99. The summed E-state index contributed by atoms with van der Waals surface area (Å²) in [5.41, 5.74) is 2.33. The second-order valence-corrected chi connectivity index (χ2v) is 10.9. The molecule has 2 atom stereocenters. The minimum Gasteiger partial charge on any atom is -0.444 e. The van der Waals surface area contributed by atoms with Crippen LogP contribution in [0.15, 0.2) is 55.1 Å². The molecule has 2 aromatic rings. The number of para-hydroxylation sites is 1. The fourth-order valence-electron chi connectivity index (χ4n) is 4.15. The van der Waals surface area contributed by atoms with Gasteiger partial charge in [0, 0.05) is 18.0 Å². The van der Waals surface area contributed by atoms with Gasteiger partial charge in [0.2, 0.25) is 5.91 Å². The van der Waals surface area contributed by atoms with Gasteiger partial charge in [0.05, 0.1) is 0 Å². The summed E-state index contributed by atoms with van der Waals surface area (Å²) in [4.78, 5) is 42.1. The minimum absolute atomic E-state index is 0.0440. The van der Waals surface area contributed by atoms with Gasteiger partial charge in [0.25, 0.3) is 5.91 Å². The second-order valence-electron chi connectivity index (χ2n) is 10.6. The van der Waals surface area contributed by atoms with Crippen molar-refractivity contribution in [2.75, 3.05) is 17.6 Å². The van der Waals surface area contributed by atoms with Crippen LogP contribution in [-0.2, 0) is 14.3 Å². The van der Waals surface area contributed by atoms with Crippen molar-refractivity contribution in [2.24, 2.45) is 0 Å². The van der Waals surface area contributed by atoms with Crippen LogP contribution in [0.5, 0.6) is 0 Å². The van der Waals surface area contributed by atoms with Gasteiger partial charge < -0.3 is 20.3 Å². The first kappa shape index (κ1) is 32.0. The Kier molecular flexibility index (Phi) is 12.6. The zero-order valence-electron chi connectivity index (χ0n) is 23.8. The van der Waals surface area contributed by atoms with Crippen LogP contribution < -0.4 is 10.6 Å². The molecule has 2 unspecified atom stereocenters. The summed E-state index contributed by atoms with van der Waals surface area (Å²) in [6.45, 7) is 13.5. The SMILES string of the molecule is C=Cc1cccc(C(C(=O)Nc2ccccc2C)N(CCCCCC)C(=O)C(CS)NC(=O)OC(C)(C)C)c1. The second kappa shape index (κ2) is 15.4. The number of hydrogen-bond donors (Lipinski definition) is 3. The molecule has 39 heavy (non-hydrogen) atoms. The molecule has 7 nitrogen and oxygen atoms in total. The number of rotatable bonds is 13. The van der Waals surface area contributed by atoms with Gasteiger partial charge in [-0.3, -0.25) is 9.59 Å². The summed E-state index contributed by atoms with van der Waals surface area (Å²) in [5, 5.41) is 5.68. The van der Waals surface area contributed by atoms with Crippen molar-refractivity contribution in [2.45, 2.75) is 78.0 Å². The largest absolute Gasteiger partial charge is 0.444 e. The number of ether oxygens (including phenoxy) is 1. The van der Waals surface area contributed by atoms with Gasteiger partial charge in [-0.05, 0) is 62.9 Å². The van der Waals surface area contributed by atoms with Crippen LogP contribution in [0.2, 0.25) is 0 Å². The average molecular weight is 554 g/mol. The van der Waals surface area contributed by atoms with Crippen molar-refractivity contribution in [3.63, 3.8) is 0 Å². The number of aryl methyl sites for hydroxylation is 1. The van der Waals surface area contributed by atoms with Crippen LogP contribution in [0.1, 0.15) is 76.1 Å². The molecule has 0 aromatic heterocycles. The molecule has 0 aliphatic rings. The number of nitrogens with one attached hydrogen (secondary N) is 2. The maximum atomic E-state index is 14.0. The fraction of sp³-hybridized carbons (Fsp3) is 0.452. The minimum atomic E-state index is -0.981. The van der Waals surface area contributed by atoms with Crippen LogP contribution in [-0.4, -0.2) is 46.7 Å². The molecule has 2 N–H and O–H groups in total. The van der Waals surface area contributed by atoms with Crippen molar-refractivity contribution in [1.29, 1.82) is 0 Å².